The van der Waals surface area contributed by atoms with Crippen molar-refractivity contribution in [3.05, 3.63) is 51.6 Å². The summed E-state index contributed by atoms with van der Waals surface area (Å²) in [5, 5.41) is 9.32. The van der Waals surface area contributed by atoms with Gasteiger partial charge < -0.3 is 23.7 Å². The Morgan fingerprint density at radius 3 is 2.31 bits per heavy atom. The predicted octanol–water partition coefficient (Wildman–Crippen LogP) is 4.19. The van der Waals surface area contributed by atoms with Crippen LogP contribution in [0, 0.1) is 17.8 Å². The zero-order valence-electron chi connectivity index (χ0n) is 18.4. The minimum Gasteiger partial charge on any atom is -0.502 e. The highest BCUT2D eigenvalue weighted by Gasteiger charge is 2.54. The van der Waals surface area contributed by atoms with Gasteiger partial charge in [-0.1, -0.05) is 0 Å². The van der Waals surface area contributed by atoms with E-state index in [4.69, 9.17) is 18.6 Å². The lowest BCUT2D eigenvalue weighted by atomic mass is 9.47. The molecule has 32 heavy (non-hydrogen) atoms. The highest BCUT2D eigenvalue weighted by molar-refractivity contribution is 5.93. The van der Waals surface area contributed by atoms with Crippen molar-refractivity contribution in [1.29, 1.82) is 0 Å². The van der Waals surface area contributed by atoms with Crippen molar-refractivity contribution in [2.75, 3.05) is 14.2 Å². The molecular weight excluding hydrogens is 412 g/mol. The van der Waals surface area contributed by atoms with Crippen LogP contribution < -0.4 is 14.9 Å². The van der Waals surface area contributed by atoms with Gasteiger partial charge >= 0.3 is 5.97 Å². The number of methoxy groups -OCH3 is 2. The van der Waals surface area contributed by atoms with Gasteiger partial charge in [-0.2, -0.15) is 0 Å². The van der Waals surface area contributed by atoms with Crippen molar-refractivity contribution >= 4 is 5.97 Å². The van der Waals surface area contributed by atoms with Gasteiger partial charge in [0.05, 0.1) is 14.2 Å². The third kappa shape index (κ3) is 3.44. The Morgan fingerprint density at radius 1 is 1.09 bits per heavy atom. The molecule has 4 fully saturated rings. The molecule has 6 rings (SSSR count). The Bertz CT molecular complexity index is 1060. The number of aromatic hydroxyl groups is 1. The monoisotopic (exact) mass is 440 g/mol. The molecule has 0 radical (unpaired) electrons. The van der Waals surface area contributed by atoms with E-state index in [0.29, 0.717) is 11.3 Å². The molecule has 0 aliphatic heterocycles. The lowest BCUT2D eigenvalue weighted by Crippen LogP contribution is -2.48. The molecule has 4 saturated carbocycles. The van der Waals surface area contributed by atoms with E-state index in [9.17, 15) is 14.7 Å². The molecule has 0 spiro atoms. The van der Waals surface area contributed by atoms with Crippen LogP contribution in [0.1, 0.15) is 60.2 Å². The molecule has 4 aliphatic rings. The number of hydrogen-bond donors (Lipinski definition) is 1. The van der Waals surface area contributed by atoms with E-state index in [1.165, 1.54) is 19.3 Å². The molecule has 7 nitrogen and oxygen atoms in total. The third-order valence-corrected chi connectivity index (χ3v) is 7.54. The Kier molecular flexibility index (Phi) is 5.14. The largest absolute Gasteiger partial charge is 0.502 e. The van der Waals surface area contributed by atoms with Crippen LogP contribution in [0.15, 0.2) is 33.7 Å². The van der Waals surface area contributed by atoms with Crippen molar-refractivity contribution in [3.63, 3.8) is 0 Å². The fourth-order valence-corrected chi connectivity index (χ4v) is 6.76. The maximum absolute atomic E-state index is 13.0. The lowest BCUT2D eigenvalue weighted by Gasteiger charge is -2.57. The van der Waals surface area contributed by atoms with Crippen LogP contribution in [0.25, 0.3) is 0 Å². The Labute approximate surface area is 186 Å². The van der Waals surface area contributed by atoms with Crippen molar-refractivity contribution < 1.29 is 28.5 Å². The van der Waals surface area contributed by atoms with E-state index < -0.39 is 17.1 Å². The molecule has 4 bridgehead atoms. The highest BCUT2D eigenvalue weighted by Crippen LogP contribution is 2.63. The number of rotatable bonds is 6. The van der Waals surface area contributed by atoms with Crippen molar-refractivity contribution in [2.24, 2.45) is 17.8 Å². The molecule has 2 aromatic rings. The summed E-state index contributed by atoms with van der Waals surface area (Å²) in [6, 6.07) is 4.60. The standard InChI is InChI=1S/C25H28O7/c1-29-21-4-3-18(24(28)32-12-17-8-19(26)20(27)13-31-17)23(30-2)22(21)25-9-14-5-15(10-25)7-16(6-14)11-25/h3-4,8,13-16,27H,5-7,9-12H2,1-2H3. The van der Waals surface area contributed by atoms with E-state index in [0.717, 1.165) is 60.7 Å². The zero-order chi connectivity index (χ0) is 22.5. The Hall–Kier alpha value is -2.96. The van der Waals surface area contributed by atoms with Gasteiger partial charge in [0.1, 0.15) is 35.7 Å². The number of benzene rings is 1. The molecule has 0 saturated heterocycles. The molecule has 1 N–H and O–H groups in total. The SMILES string of the molecule is COc1ccc(C(=O)OCc2cc(=O)c(O)co2)c(OC)c1C12CC3CC(CC(C3)C1)C2. The van der Waals surface area contributed by atoms with Gasteiger partial charge in [-0.05, 0) is 68.4 Å². The van der Waals surface area contributed by atoms with E-state index in [1.54, 1.807) is 20.3 Å². The fraction of sp³-hybridized carbons (Fsp3) is 0.520. The summed E-state index contributed by atoms with van der Waals surface area (Å²) >= 11 is 0. The molecule has 7 heteroatoms. The Morgan fingerprint density at radius 2 is 1.75 bits per heavy atom. The summed E-state index contributed by atoms with van der Waals surface area (Å²) in [6.07, 6.45) is 8.16. The Balaban J connectivity index is 1.48. The molecule has 0 unspecified atom stereocenters. The summed E-state index contributed by atoms with van der Waals surface area (Å²) in [5.41, 5.74) is 0.701. The second kappa shape index (κ2) is 7.87. The summed E-state index contributed by atoms with van der Waals surface area (Å²) in [6.45, 7) is -0.226. The lowest BCUT2D eigenvalue weighted by molar-refractivity contribution is -0.00725. The highest BCUT2D eigenvalue weighted by atomic mass is 16.5. The average Bonchev–Trinajstić information content (AvgIpc) is 2.77. The van der Waals surface area contributed by atoms with Crippen LogP contribution in [-0.4, -0.2) is 25.3 Å². The van der Waals surface area contributed by atoms with Crippen LogP contribution in [0.4, 0.5) is 0 Å². The quantitative estimate of drug-likeness (QED) is 0.673. The summed E-state index contributed by atoms with van der Waals surface area (Å²) in [4.78, 5) is 24.6. The number of hydrogen-bond acceptors (Lipinski definition) is 7. The first-order valence-corrected chi connectivity index (χ1v) is 11.2. The maximum Gasteiger partial charge on any atom is 0.342 e. The van der Waals surface area contributed by atoms with E-state index >= 15 is 0 Å². The molecule has 4 aliphatic carbocycles. The van der Waals surface area contributed by atoms with Gasteiger partial charge in [-0.25, -0.2) is 4.79 Å². The zero-order valence-corrected chi connectivity index (χ0v) is 18.4. The first kappa shape index (κ1) is 20.9. The van der Waals surface area contributed by atoms with Gasteiger partial charge in [0, 0.05) is 17.0 Å². The normalized spacial score (nSPS) is 27.9. The molecule has 1 aromatic carbocycles. The molecular formula is C25H28O7. The van der Waals surface area contributed by atoms with Gasteiger partial charge in [0.2, 0.25) is 5.43 Å². The smallest absolute Gasteiger partial charge is 0.342 e. The fourth-order valence-electron chi connectivity index (χ4n) is 6.76. The summed E-state index contributed by atoms with van der Waals surface area (Å²) in [5.74, 6) is 2.54. The van der Waals surface area contributed by atoms with Gasteiger partial charge in [-0.15, -0.1) is 0 Å². The van der Waals surface area contributed by atoms with Crippen LogP contribution >= 0.6 is 0 Å². The number of carbonyl (C=O) groups excluding carboxylic acids is 1. The van der Waals surface area contributed by atoms with Crippen LogP contribution in [0.3, 0.4) is 0 Å². The number of carbonyl (C=O) groups is 1. The average molecular weight is 440 g/mol. The third-order valence-electron chi connectivity index (χ3n) is 7.54. The molecule has 1 aromatic heterocycles. The first-order chi connectivity index (χ1) is 15.4. The number of esters is 1. The van der Waals surface area contributed by atoms with Crippen molar-refractivity contribution in [1.82, 2.24) is 0 Å². The topological polar surface area (TPSA) is 95.2 Å². The minimum atomic E-state index is -0.589. The van der Waals surface area contributed by atoms with Crippen molar-refractivity contribution in [2.45, 2.75) is 50.5 Å². The van der Waals surface area contributed by atoms with Crippen LogP contribution in [0.2, 0.25) is 0 Å². The van der Waals surface area contributed by atoms with Gasteiger partial charge in [0.25, 0.3) is 0 Å². The second-order valence-electron chi connectivity index (χ2n) is 9.59. The minimum absolute atomic E-state index is 0.0362. The van der Waals surface area contributed by atoms with E-state index in [-0.39, 0.29) is 17.8 Å². The number of ether oxygens (including phenoxy) is 3. The summed E-state index contributed by atoms with van der Waals surface area (Å²) in [7, 11) is 3.23. The van der Waals surface area contributed by atoms with E-state index in [1.807, 2.05) is 6.07 Å². The molecule has 1 heterocycles. The predicted molar refractivity (Wildman–Crippen MR) is 115 cm³/mol. The van der Waals surface area contributed by atoms with E-state index in [2.05, 4.69) is 0 Å². The van der Waals surface area contributed by atoms with Gasteiger partial charge in [0.15, 0.2) is 5.75 Å². The molecule has 0 atom stereocenters. The molecule has 170 valence electrons. The van der Waals surface area contributed by atoms with Crippen LogP contribution in [0.5, 0.6) is 17.2 Å². The van der Waals surface area contributed by atoms with Crippen LogP contribution in [-0.2, 0) is 16.8 Å². The van der Waals surface area contributed by atoms with Crippen molar-refractivity contribution in [3.8, 4) is 17.2 Å². The maximum atomic E-state index is 13.0. The first-order valence-electron chi connectivity index (χ1n) is 11.2. The second-order valence-corrected chi connectivity index (χ2v) is 9.59. The van der Waals surface area contributed by atoms with Gasteiger partial charge in [-0.3, -0.25) is 4.79 Å². The summed E-state index contributed by atoms with van der Waals surface area (Å²) < 4.78 is 22.1. The molecule has 0 amide bonds.